The van der Waals surface area contributed by atoms with Crippen LogP contribution in [0.5, 0.6) is 0 Å². The molecular formula is C14H18N2O. The van der Waals surface area contributed by atoms with Gasteiger partial charge in [0.15, 0.2) is 0 Å². The Balaban J connectivity index is 2.31. The summed E-state index contributed by atoms with van der Waals surface area (Å²) in [5.74, 6) is 0.938. The summed E-state index contributed by atoms with van der Waals surface area (Å²) < 4.78 is 5.11. The SMILES string of the molecule is COCC(C)Nc1nc2ccccc2cc1C. The Kier molecular flexibility index (Phi) is 3.59. The van der Waals surface area contributed by atoms with Gasteiger partial charge < -0.3 is 10.1 Å². The molecule has 0 bridgehead atoms. The van der Waals surface area contributed by atoms with Gasteiger partial charge in [-0.05, 0) is 31.5 Å². The van der Waals surface area contributed by atoms with Crippen molar-refractivity contribution >= 4 is 16.7 Å². The Morgan fingerprint density at radius 3 is 2.88 bits per heavy atom. The Bertz CT molecular complexity index is 511. The van der Waals surface area contributed by atoms with E-state index in [1.807, 2.05) is 18.2 Å². The van der Waals surface area contributed by atoms with Crippen molar-refractivity contribution in [1.82, 2.24) is 4.98 Å². The molecule has 2 rings (SSSR count). The molecule has 3 nitrogen and oxygen atoms in total. The van der Waals surface area contributed by atoms with Gasteiger partial charge in [-0.1, -0.05) is 18.2 Å². The molecule has 2 aromatic rings. The average molecular weight is 230 g/mol. The minimum absolute atomic E-state index is 0.257. The maximum Gasteiger partial charge on any atom is 0.129 e. The summed E-state index contributed by atoms with van der Waals surface area (Å²) in [6.07, 6.45) is 0. The lowest BCUT2D eigenvalue weighted by atomic mass is 10.1. The second-order valence-electron chi connectivity index (χ2n) is 4.35. The predicted octanol–water partition coefficient (Wildman–Crippen LogP) is 2.99. The molecule has 90 valence electrons. The van der Waals surface area contributed by atoms with Gasteiger partial charge in [0.05, 0.1) is 12.1 Å². The molecule has 1 aromatic heterocycles. The molecule has 0 spiro atoms. The van der Waals surface area contributed by atoms with Gasteiger partial charge in [0.1, 0.15) is 5.82 Å². The summed E-state index contributed by atoms with van der Waals surface area (Å²) in [4.78, 5) is 4.63. The van der Waals surface area contributed by atoms with Crippen LogP contribution in [0.4, 0.5) is 5.82 Å². The molecule has 0 fully saturated rings. The second-order valence-corrected chi connectivity index (χ2v) is 4.35. The molecule has 0 saturated heterocycles. The Morgan fingerprint density at radius 2 is 2.12 bits per heavy atom. The summed E-state index contributed by atoms with van der Waals surface area (Å²) >= 11 is 0. The molecule has 0 aliphatic rings. The van der Waals surface area contributed by atoms with E-state index in [0.29, 0.717) is 6.61 Å². The van der Waals surface area contributed by atoms with Crippen LogP contribution >= 0.6 is 0 Å². The first-order valence-electron chi connectivity index (χ1n) is 5.82. The number of hydrogen-bond donors (Lipinski definition) is 1. The van der Waals surface area contributed by atoms with Crippen LogP contribution in [-0.4, -0.2) is 24.7 Å². The fourth-order valence-corrected chi connectivity index (χ4v) is 1.89. The third kappa shape index (κ3) is 2.74. The minimum Gasteiger partial charge on any atom is -0.383 e. The molecule has 0 radical (unpaired) electrons. The number of methoxy groups -OCH3 is 1. The molecule has 1 unspecified atom stereocenters. The molecule has 0 aliphatic heterocycles. The van der Waals surface area contributed by atoms with Crippen molar-refractivity contribution in [3.63, 3.8) is 0 Å². The van der Waals surface area contributed by atoms with Crippen molar-refractivity contribution in [2.24, 2.45) is 0 Å². The van der Waals surface area contributed by atoms with Crippen molar-refractivity contribution in [2.75, 3.05) is 19.0 Å². The van der Waals surface area contributed by atoms with Gasteiger partial charge in [0, 0.05) is 18.5 Å². The topological polar surface area (TPSA) is 34.1 Å². The molecule has 0 amide bonds. The lowest BCUT2D eigenvalue weighted by molar-refractivity contribution is 0.190. The predicted molar refractivity (Wildman–Crippen MR) is 71.4 cm³/mol. The summed E-state index contributed by atoms with van der Waals surface area (Å²) in [7, 11) is 1.71. The van der Waals surface area contributed by atoms with Crippen LogP contribution in [0.3, 0.4) is 0 Å². The summed E-state index contributed by atoms with van der Waals surface area (Å²) in [6, 6.07) is 10.6. The van der Waals surface area contributed by atoms with Crippen LogP contribution in [0.25, 0.3) is 10.9 Å². The molecule has 1 N–H and O–H groups in total. The number of nitrogens with one attached hydrogen (secondary N) is 1. The van der Waals surface area contributed by atoms with Crippen molar-refractivity contribution in [3.8, 4) is 0 Å². The highest BCUT2D eigenvalue weighted by Crippen LogP contribution is 2.19. The van der Waals surface area contributed by atoms with E-state index < -0.39 is 0 Å². The largest absolute Gasteiger partial charge is 0.383 e. The lowest BCUT2D eigenvalue weighted by Crippen LogP contribution is -2.22. The number of rotatable bonds is 4. The van der Waals surface area contributed by atoms with Crippen molar-refractivity contribution in [2.45, 2.75) is 19.9 Å². The van der Waals surface area contributed by atoms with E-state index >= 15 is 0 Å². The minimum atomic E-state index is 0.257. The average Bonchev–Trinajstić information content (AvgIpc) is 2.30. The number of fused-ring (bicyclic) bond motifs is 1. The molecule has 0 aliphatic carbocycles. The number of hydrogen-bond acceptors (Lipinski definition) is 3. The highest BCUT2D eigenvalue weighted by Gasteiger charge is 2.06. The molecule has 1 aromatic carbocycles. The van der Waals surface area contributed by atoms with E-state index in [2.05, 4.69) is 36.3 Å². The number of aromatic nitrogens is 1. The smallest absolute Gasteiger partial charge is 0.129 e. The lowest BCUT2D eigenvalue weighted by Gasteiger charge is -2.15. The second kappa shape index (κ2) is 5.15. The van der Waals surface area contributed by atoms with Gasteiger partial charge in [-0.25, -0.2) is 4.98 Å². The summed E-state index contributed by atoms with van der Waals surface area (Å²) in [6.45, 7) is 4.83. The van der Waals surface area contributed by atoms with Gasteiger partial charge in [0.25, 0.3) is 0 Å². The third-order valence-corrected chi connectivity index (χ3v) is 2.71. The van der Waals surface area contributed by atoms with E-state index in [4.69, 9.17) is 4.74 Å². The van der Waals surface area contributed by atoms with Gasteiger partial charge in [0.2, 0.25) is 0 Å². The van der Waals surface area contributed by atoms with E-state index in [1.54, 1.807) is 7.11 Å². The maximum absolute atomic E-state index is 5.11. The number of pyridine rings is 1. The van der Waals surface area contributed by atoms with Crippen LogP contribution in [0.15, 0.2) is 30.3 Å². The zero-order valence-electron chi connectivity index (χ0n) is 10.5. The zero-order chi connectivity index (χ0) is 12.3. The van der Waals surface area contributed by atoms with Crippen LogP contribution in [0, 0.1) is 6.92 Å². The number of anilines is 1. The highest BCUT2D eigenvalue weighted by molar-refractivity contribution is 5.81. The van der Waals surface area contributed by atoms with E-state index in [-0.39, 0.29) is 6.04 Å². The van der Waals surface area contributed by atoms with Gasteiger partial charge in [-0.15, -0.1) is 0 Å². The fraction of sp³-hybridized carbons (Fsp3) is 0.357. The summed E-state index contributed by atoms with van der Waals surface area (Å²) in [5.41, 5.74) is 2.18. The van der Waals surface area contributed by atoms with Crippen molar-refractivity contribution in [1.29, 1.82) is 0 Å². The summed E-state index contributed by atoms with van der Waals surface area (Å²) in [5, 5.41) is 4.54. The number of nitrogens with zero attached hydrogens (tertiary/aromatic N) is 1. The normalized spacial score (nSPS) is 12.6. The number of benzene rings is 1. The highest BCUT2D eigenvalue weighted by atomic mass is 16.5. The van der Waals surface area contributed by atoms with Crippen LogP contribution in [0.2, 0.25) is 0 Å². The van der Waals surface area contributed by atoms with Crippen LogP contribution in [0.1, 0.15) is 12.5 Å². The van der Waals surface area contributed by atoms with Gasteiger partial charge in [-0.2, -0.15) is 0 Å². The first-order chi connectivity index (χ1) is 8.20. The van der Waals surface area contributed by atoms with Gasteiger partial charge >= 0.3 is 0 Å². The third-order valence-electron chi connectivity index (χ3n) is 2.71. The molecule has 1 atom stereocenters. The van der Waals surface area contributed by atoms with E-state index in [9.17, 15) is 0 Å². The standard InChI is InChI=1S/C14H18N2O/c1-10-8-12-6-4-5-7-13(12)16-14(10)15-11(2)9-17-3/h4-8,11H,9H2,1-3H3,(H,15,16). The Morgan fingerprint density at radius 1 is 1.35 bits per heavy atom. The van der Waals surface area contributed by atoms with Gasteiger partial charge in [-0.3, -0.25) is 0 Å². The molecule has 17 heavy (non-hydrogen) atoms. The fourth-order valence-electron chi connectivity index (χ4n) is 1.89. The molecule has 3 heteroatoms. The van der Waals surface area contributed by atoms with E-state index in [0.717, 1.165) is 16.9 Å². The zero-order valence-corrected chi connectivity index (χ0v) is 10.5. The first-order valence-corrected chi connectivity index (χ1v) is 5.82. The number of para-hydroxylation sites is 1. The molecule has 0 saturated carbocycles. The van der Waals surface area contributed by atoms with Crippen LogP contribution in [-0.2, 0) is 4.74 Å². The van der Waals surface area contributed by atoms with Crippen molar-refractivity contribution in [3.05, 3.63) is 35.9 Å². The maximum atomic E-state index is 5.11. The van der Waals surface area contributed by atoms with Crippen LogP contribution < -0.4 is 5.32 Å². The first kappa shape index (κ1) is 11.9. The van der Waals surface area contributed by atoms with Crippen molar-refractivity contribution < 1.29 is 4.74 Å². The van der Waals surface area contributed by atoms with E-state index in [1.165, 1.54) is 5.39 Å². The monoisotopic (exact) mass is 230 g/mol. The number of aryl methyl sites for hydroxylation is 1. The molecule has 1 heterocycles. The Hall–Kier alpha value is -1.61. The molecular weight excluding hydrogens is 212 g/mol. The quantitative estimate of drug-likeness (QED) is 0.876. The number of ether oxygens (including phenoxy) is 1. The Labute approximate surface area is 102 Å².